The van der Waals surface area contributed by atoms with Crippen LogP contribution in [-0.2, 0) is 6.54 Å². The van der Waals surface area contributed by atoms with Crippen LogP contribution < -0.4 is 5.32 Å². The SMILES string of the molecule is CNCc1ccccc1[C@@H](O)c1ccc(C)cc1. The van der Waals surface area contributed by atoms with Crippen molar-refractivity contribution in [1.82, 2.24) is 5.32 Å². The Morgan fingerprint density at radius 2 is 1.72 bits per heavy atom. The van der Waals surface area contributed by atoms with E-state index in [1.165, 1.54) is 5.56 Å². The molecular weight excluding hydrogens is 222 g/mol. The van der Waals surface area contributed by atoms with Gasteiger partial charge in [-0.25, -0.2) is 0 Å². The van der Waals surface area contributed by atoms with Crippen molar-refractivity contribution in [2.75, 3.05) is 7.05 Å². The highest BCUT2D eigenvalue weighted by Crippen LogP contribution is 2.25. The molecule has 0 fully saturated rings. The van der Waals surface area contributed by atoms with Gasteiger partial charge in [0.15, 0.2) is 0 Å². The second-order valence-electron chi connectivity index (χ2n) is 4.54. The number of aryl methyl sites for hydroxylation is 1. The molecule has 0 aliphatic heterocycles. The van der Waals surface area contributed by atoms with E-state index in [9.17, 15) is 5.11 Å². The van der Waals surface area contributed by atoms with Crippen molar-refractivity contribution >= 4 is 0 Å². The molecule has 0 aromatic heterocycles. The third kappa shape index (κ3) is 2.78. The van der Waals surface area contributed by atoms with Crippen LogP contribution in [0.2, 0.25) is 0 Å². The van der Waals surface area contributed by atoms with Crippen LogP contribution in [0.1, 0.15) is 28.4 Å². The average molecular weight is 241 g/mol. The first kappa shape index (κ1) is 12.8. The van der Waals surface area contributed by atoms with Crippen LogP contribution in [0.5, 0.6) is 0 Å². The Kier molecular flexibility index (Phi) is 4.13. The first-order chi connectivity index (χ1) is 8.72. The molecule has 0 heterocycles. The van der Waals surface area contributed by atoms with E-state index in [0.29, 0.717) is 0 Å². The van der Waals surface area contributed by atoms with Crippen molar-refractivity contribution in [3.63, 3.8) is 0 Å². The monoisotopic (exact) mass is 241 g/mol. The fraction of sp³-hybridized carbons (Fsp3) is 0.250. The fourth-order valence-corrected chi connectivity index (χ4v) is 2.08. The molecule has 1 atom stereocenters. The lowest BCUT2D eigenvalue weighted by Crippen LogP contribution is -2.10. The van der Waals surface area contributed by atoms with Crippen LogP contribution in [-0.4, -0.2) is 12.2 Å². The van der Waals surface area contributed by atoms with Crippen LogP contribution in [0.3, 0.4) is 0 Å². The standard InChI is InChI=1S/C16H19NO/c1-12-7-9-13(10-8-12)16(18)15-6-4-3-5-14(15)11-17-2/h3-10,16-18H,11H2,1-2H3/t16-/m0/s1. The Bertz CT molecular complexity index is 505. The van der Waals surface area contributed by atoms with E-state index in [2.05, 4.69) is 5.32 Å². The Labute approximate surface area is 108 Å². The molecular formula is C16H19NO. The molecule has 2 aromatic carbocycles. The molecule has 0 radical (unpaired) electrons. The van der Waals surface area contributed by atoms with Gasteiger partial charge >= 0.3 is 0 Å². The summed E-state index contributed by atoms with van der Waals surface area (Å²) in [6, 6.07) is 16.0. The van der Waals surface area contributed by atoms with E-state index >= 15 is 0 Å². The highest BCUT2D eigenvalue weighted by Gasteiger charge is 2.13. The molecule has 2 N–H and O–H groups in total. The van der Waals surface area contributed by atoms with Crippen molar-refractivity contribution in [3.05, 3.63) is 70.8 Å². The first-order valence-electron chi connectivity index (χ1n) is 6.19. The molecule has 0 aliphatic carbocycles. The molecule has 0 aliphatic rings. The third-order valence-electron chi connectivity index (χ3n) is 3.11. The number of rotatable bonds is 4. The summed E-state index contributed by atoms with van der Waals surface area (Å²) in [4.78, 5) is 0. The van der Waals surface area contributed by atoms with Gasteiger partial charge in [0.25, 0.3) is 0 Å². The van der Waals surface area contributed by atoms with Gasteiger partial charge in [0.2, 0.25) is 0 Å². The molecule has 94 valence electrons. The first-order valence-corrected chi connectivity index (χ1v) is 6.19. The molecule has 2 aromatic rings. The molecule has 2 rings (SSSR count). The third-order valence-corrected chi connectivity index (χ3v) is 3.11. The summed E-state index contributed by atoms with van der Waals surface area (Å²) in [6.07, 6.45) is -0.560. The molecule has 0 spiro atoms. The predicted molar refractivity (Wildman–Crippen MR) is 74.4 cm³/mol. The van der Waals surface area contributed by atoms with E-state index in [-0.39, 0.29) is 0 Å². The molecule has 0 amide bonds. The summed E-state index contributed by atoms with van der Waals surface area (Å²) in [5, 5.41) is 13.6. The summed E-state index contributed by atoms with van der Waals surface area (Å²) < 4.78 is 0. The van der Waals surface area contributed by atoms with Crippen molar-refractivity contribution in [2.45, 2.75) is 19.6 Å². The minimum atomic E-state index is -0.560. The zero-order chi connectivity index (χ0) is 13.0. The number of hydrogen-bond acceptors (Lipinski definition) is 2. The largest absolute Gasteiger partial charge is 0.384 e. The number of benzene rings is 2. The van der Waals surface area contributed by atoms with Gasteiger partial charge in [-0.3, -0.25) is 0 Å². The summed E-state index contributed by atoms with van der Waals surface area (Å²) in [6.45, 7) is 2.81. The highest BCUT2D eigenvalue weighted by atomic mass is 16.3. The maximum absolute atomic E-state index is 10.5. The van der Waals surface area contributed by atoms with Gasteiger partial charge in [-0.15, -0.1) is 0 Å². The van der Waals surface area contributed by atoms with Gasteiger partial charge < -0.3 is 10.4 Å². The van der Waals surface area contributed by atoms with Crippen LogP contribution in [0.25, 0.3) is 0 Å². The average Bonchev–Trinajstić information content (AvgIpc) is 2.40. The molecule has 2 heteroatoms. The van der Waals surface area contributed by atoms with Crippen LogP contribution in [0.4, 0.5) is 0 Å². The Balaban J connectivity index is 2.33. The lowest BCUT2D eigenvalue weighted by Gasteiger charge is -2.16. The number of aliphatic hydroxyl groups excluding tert-OH is 1. The summed E-state index contributed by atoms with van der Waals surface area (Å²) in [5.74, 6) is 0. The maximum atomic E-state index is 10.5. The number of nitrogens with one attached hydrogen (secondary N) is 1. The van der Waals surface area contributed by atoms with Crippen LogP contribution in [0, 0.1) is 6.92 Å². The topological polar surface area (TPSA) is 32.3 Å². The van der Waals surface area contributed by atoms with Gasteiger partial charge in [-0.05, 0) is 30.7 Å². The Morgan fingerprint density at radius 1 is 1.06 bits per heavy atom. The second kappa shape index (κ2) is 5.80. The van der Waals surface area contributed by atoms with Crippen molar-refractivity contribution in [1.29, 1.82) is 0 Å². The zero-order valence-electron chi connectivity index (χ0n) is 10.9. The minimum Gasteiger partial charge on any atom is -0.384 e. The quantitative estimate of drug-likeness (QED) is 0.862. The van der Waals surface area contributed by atoms with Crippen LogP contribution in [0.15, 0.2) is 48.5 Å². The molecule has 0 saturated heterocycles. The molecule has 0 saturated carbocycles. The summed E-state index contributed by atoms with van der Waals surface area (Å²) in [7, 11) is 1.91. The van der Waals surface area contributed by atoms with Crippen molar-refractivity contribution in [3.8, 4) is 0 Å². The van der Waals surface area contributed by atoms with E-state index in [1.807, 2.05) is 62.5 Å². The molecule has 0 unspecified atom stereocenters. The van der Waals surface area contributed by atoms with Gasteiger partial charge in [0, 0.05) is 6.54 Å². The van der Waals surface area contributed by atoms with Crippen molar-refractivity contribution < 1.29 is 5.11 Å². The van der Waals surface area contributed by atoms with Gasteiger partial charge in [-0.2, -0.15) is 0 Å². The lowest BCUT2D eigenvalue weighted by molar-refractivity contribution is 0.219. The molecule has 2 nitrogen and oxygen atoms in total. The smallest absolute Gasteiger partial charge is 0.104 e. The van der Waals surface area contributed by atoms with E-state index < -0.39 is 6.10 Å². The van der Waals surface area contributed by atoms with E-state index in [0.717, 1.165) is 23.2 Å². The Hall–Kier alpha value is -1.64. The Morgan fingerprint density at radius 3 is 2.39 bits per heavy atom. The van der Waals surface area contributed by atoms with Crippen LogP contribution >= 0.6 is 0 Å². The zero-order valence-corrected chi connectivity index (χ0v) is 10.9. The van der Waals surface area contributed by atoms with Gasteiger partial charge in [0.1, 0.15) is 6.10 Å². The molecule has 18 heavy (non-hydrogen) atoms. The van der Waals surface area contributed by atoms with E-state index in [1.54, 1.807) is 0 Å². The molecule has 0 bridgehead atoms. The van der Waals surface area contributed by atoms with Gasteiger partial charge in [-0.1, -0.05) is 54.1 Å². The highest BCUT2D eigenvalue weighted by molar-refractivity contribution is 5.36. The second-order valence-corrected chi connectivity index (χ2v) is 4.54. The van der Waals surface area contributed by atoms with E-state index in [4.69, 9.17) is 0 Å². The summed E-state index contributed by atoms with van der Waals surface area (Å²) in [5.41, 5.74) is 4.24. The lowest BCUT2D eigenvalue weighted by atomic mass is 9.96. The van der Waals surface area contributed by atoms with Gasteiger partial charge in [0.05, 0.1) is 0 Å². The van der Waals surface area contributed by atoms with Crippen molar-refractivity contribution in [2.24, 2.45) is 0 Å². The number of hydrogen-bond donors (Lipinski definition) is 2. The minimum absolute atomic E-state index is 0.560. The summed E-state index contributed by atoms with van der Waals surface area (Å²) >= 11 is 0. The maximum Gasteiger partial charge on any atom is 0.104 e. The number of aliphatic hydroxyl groups is 1. The fourth-order valence-electron chi connectivity index (χ4n) is 2.08. The normalized spacial score (nSPS) is 12.4. The predicted octanol–water partition coefficient (Wildman–Crippen LogP) is 2.80.